The number of ether oxygens (including phenoxy) is 1. The van der Waals surface area contributed by atoms with Gasteiger partial charge in [0.25, 0.3) is 0 Å². The molecule has 1 aromatic heterocycles. The number of hydrogen-bond donors (Lipinski definition) is 1. The molecule has 1 fully saturated rings. The van der Waals surface area contributed by atoms with E-state index < -0.39 is 0 Å². The molecule has 20 heavy (non-hydrogen) atoms. The van der Waals surface area contributed by atoms with E-state index >= 15 is 0 Å². The maximum atomic E-state index is 5.16. The molecule has 0 aliphatic carbocycles. The molecule has 0 saturated carbocycles. The number of nitrogens with zero attached hydrogens (tertiary/aromatic N) is 3. The monoisotopic (exact) mass is 278 g/mol. The van der Waals surface area contributed by atoms with E-state index in [1.54, 1.807) is 7.11 Å². The van der Waals surface area contributed by atoms with E-state index in [0.29, 0.717) is 5.92 Å². The zero-order valence-electron chi connectivity index (χ0n) is 12.9. The first-order chi connectivity index (χ1) is 9.67. The van der Waals surface area contributed by atoms with Crippen LogP contribution in [0, 0.1) is 19.8 Å². The number of likely N-dealkylation sites (tertiary alicyclic amines) is 1. The topological polar surface area (TPSA) is 50.3 Å². The molecule has 1 N–H and O–H groups in total. The van der Waals surface area contributed by atoms with Crippen LogP contribution in [0.3, 0.4) is 0 Å². The fourth-order valence-corrected chi connectivity index (χ4v) is 2.78. The zero-order chi connectivity index (χ0) is 14.4. The fourth-order valence-electron chi connectivity index (χ4n) is 2.78. The van der Waals surface area contributed by atoms with Crippen LogP contribution in [-0.2, 0) is 4.74 Å². The predicted molar refractivity (Wildman–Crippen MR) is 81.0 cm³/mol. The minimum absolute atomic E-state index is 0.671. The van der Waals surface area contributed by atoms with Crippen molar-refractivity contribution in [3.05, 3.63) is 17.5 Å². The lowest BCUT2D eigenvalue weighted by molar-refractivity contribution is 0.117. The second kappa shape index (κ2) is 7.55. The summed E-state index contributed by atoms with van der Waals surface area (Å²) in [6, 6.07) is 2.00. The van der Waals surface area contributed by atoms with Crippen LogP contribution in [0.1, 0.15) is 24.2 Å². The SMILES string of the molecule is COCCN1CCC[C@@H](CNc2nc(C)cc(C)n2)C1. The molecule has 0 bridgehead atoms. The minimum Gasteiger partial charge on any atom is -0.383 e. The fraction of sp³-hybridized carbons (Fsp3) is 0.733. The molecule has 2 rings (SSSR count). The molecule has 0 unspecified atom stereocenters. The Balaban J connectivity index is 1.80. The highest BCUT2D eigenvalue weighted by atomic mass is 16.5. The molecule has 1 aliphatic heterocycles. The van der Waals surface area contributed by atoms with Gasteiger partial charge < -0.3 is 15.0 Å². The molecular formula is C15H26N4O. The second-order valence-electron chi connectivity index (χ2n) is 5.66. The van der Waals surface area contributed by atoms with Gasteiger partial charge in [0.1, 0.15) is 0 Å². The molecule has 1 aliphatic rings. The van der Waals surface area contributed by atoms with Gasteiger partial charge in [0.05, 0.1) is 6.61 Å². The Kier molecular flexibility index (Phi) is 5.73. The van der Waals surface area contributed by atoms with Crippen LogP contribution >= 0.6 is 0 Å². The summed E-state index contributed by atoms with van der Waals surface area (Å²) in [4.78, 5) is 11.4. The van der Waals surface area contributed by atoms with Crippen molar-refractivity contribution in [1.82, 2.24) is 14.9 Å². The molecule has 112 valence electrons. The summed E-state index contributed by atoms with van der Waals surface area (Å²) in [5.74, 6) is 1.43. The van der Waals surface area contributed by atoms with Crippen molar-refractivity contribution < 1.29 is 4.74 Å². The van der Waals surface area contributed by atoms with Gasteiger partial charge in [-0.05, 0) is 45.2 Å². The summed E-state index contributed by atoms with van der Waals surface area (Å²) >= 11 is 0. The summed E-state index contributed by atoms with van der Waals surface area (Å²) in [7, 11) is 1.76. The van der Waals surface area contributed by atoms with Gasteiger partial charge in [-0.3, -0.25) is 0 Å². The van der Waals surface area contributed by atoms with Gasteiger partial charge in [-0.2, -0.15) is 0 Å². The van der Waals surface area contributed by atoms with Crippen LogP contribution in [0.5, 0.6) is 0 Å². The number of rotatable bonds is 6. The smallest absolute Gasteiger partial charge is 0.223 e. The molecule has 1 aromatic rings. The Hall–Kier alpha value is -1.20. The third-order valence-corrected chi connectivity index (χ3v) is 3.75. The third-order valence-electron chi connectivity index (χ3n) is 3.75. The third kappa shape index (κ3) is 4.72. The van der Waals surface area contributed by atoms with Crippen molar-refractivity contribution in [2.45, 2.75) is 26.7 Å². The van der Waals surface area contributed by atoms with Gasteiger partial charge in [0.15, 0.2) is 0 Å². The largest absolute Gasteiger partial charge is 0.383 e. The molecule has 1 atom stereocenters. The molecule has 0 radical (unpaired) electrons. The number of anilines is 1. The first-order valence-electron chi connectivity index (χ1n) is 7.45. The molecule has 2 heterocycles. The van der Waals surface area contributed by atoms with E-state index in [0.717, 1.165) is 43.6 Å². The molecule has 5 nitrogen and oxygen atoms in total. The maximum absolute atomic E-state index is 5.16. The van der Waals surface area contributed by atoms with Gasteiger partial charge in [-0.15, -0.1) is 0 Å². The summed E-state index contributed by atoms with van der Waals surface area (Å²) in [6.45, 7) is 9.15. The average Bonchev–Trinajstić information content (AvgIpc) is 2.42. The quantitative estimate of drug-likeness (QED) is 0.861. The van der Waals surface area contributed by atoms with E-state index in [4.69, 9.17) is 4.74 Å². The number of piperidine rings is 1. The lowest BCUT2D eigenvalue weighted by Gasteiger charge is -2.32. The van der Waals surface area contributed by atoms with Crippen molar-refractivity contribution in [3.8, 4) is 0 Å². The highest BCUT2D eigenvalue weighted by Crippen LogP contribution is 2.16. The van der Waals surface area contributed by atoms with E-state index in [9.17, 15) is 0 Å². The van der Waals surface area contributed by atoms with E-state index in [1.807, 2.05) is 19.9 Å². The molecule has 1 saturated heterocycles. The van der Waals surface area contributed by atoms with Crippen molar-refractivity contribution in [1.29, 1.82) is 0 Å². The Morgan fingerprint density at radius 3 is 2.80 bits per heavy atom. The van der Waals surface area contributed by atoms with Gasteiger partial charge in [0.2, 0.25) is 5.95 Å². The lowest BCUT2D eigenvalue weighted by Crippen LogP contribution is -2.39. The van der Waals surface area contributed by atoms with E-state index in [-0.39, 0.29) is 0 Å². The van der Waals surface area contributed by atoms with Gasteiger partial charge in [0, 0.05) is 38.1 Å². The van der Waals surface area contributed by atoms with Gasteiger partial charge in [-0.25, -0.2) is 9.97 Å². The van der Waals surface area contributed by atoms with Crippen LogP contribution in [-0.4, -0.2) is 54.8 Å². The molecular weight excluding hydrogens is 252 g/mol. The van der Waals surface area contributed by atoms with Crippen LogP contribution in [0.25, 0.3) is 0 Å². The summed E-state index contributed by atoms with van der Waals surface area (Å²) in [5, 5.41) is 3.39. The van der Waals surface area contributed by atoms with Crippen molar-refractivity contribution >= 4 is 5.95 Å². The second-order valence-corrected chi connectivity index (χ2v) is 5.66. The number of hydrogen-bond acceptors (Lipinski definition) is 5. The zero-order valence-corrected chi connectivity index (χ0v) is 12.9. The Labute approximate surface area is 121 Å². The standard InChI is InChI=1S/C15H26N4O/c1-12-9-13(2)18-15(17-12)16-10-14-5-4-6-19(11-14)7-8-20-3/h9,14H,4-8,10-11H2,1-3H3,(H,16,17,18)/t14-/m0/s1. The number of aromatic nitrogens is 2. The lowest BCUT2D eigenvalue weighted by atomic mass is 9.98. The number of nitrogens with one attached hydrogen (secondary N) is 1. The van der Waals surface area contributed by atoms with Crippen LogP contribution < -0.4 is 5.32 Å². The van der Waals surface area contributed by atoms with Crippen LogP contribution in [0.4, 0.5) is 5.95 Å². The van der Waals surface area contributed by atoms with Crippen LogP contribution in [0.2, 0.25) is 0 Å². The summed E-state index contributed by atoms with van der Waals surface area (Å²) in [6.07, 6.45) is 2.55. The highest BCUT2D eigenvalue weighted by molar-refractivity contribution is 5.27. The number of aryl methyl sites for hydroxylation is 2. The van der Waals surface area contributed by atoms with Crippen molar-refractivity contribution in [2.24, 2.45) is 5.92 Å². The van der Waals surface area contributed by atoms with Crippen LogP contribution in [0.15, 0.2) is 6.07 Å². The minimum atomic E-state index is 0.671. The first kappa shape index (κ1) is 15.2. The Morgan fingerprint density at radius 1 is 1.35 bits per heavy atom. The number of methoxy groups -OCH3 is 1. The van der Waals surface area contributed by atoms with Crippen molar-refractivity contribution in [3.63, 3.8) is 0 Å². The van der Waals surface area contributed by atoms with E-state index in [1.165, 1.54) is 19.4 Å². The molecule has 5 heteroatoms. The molecule has 0 spiro atoms. The van der Waals surface area contributed by atoms with Gasteiger partial charge in [-0.1, -0.05) is 0 Å². The molecule has 0 amide bonds. The van der Waals surface area contributed by atoms with Gasteiger partial charge >= 0.3 is 0 Å². The highest BCUT2D eigenvalue weighted by Gasteiger charge is 2.19. The summed E-state index contributed by atoms with van der Waals surface area (Å²) < 4.78 is 5.16. The predicted octanol–water partition coefficient (Wildman–Crippen LogP) is 1.86. The first-order valence-corrected chi connectivity index (χ1v) is 7.45. The Morgan fingerprint density at radius 2 is 2.10 bits per heavy atom. The molecule has 0 aromatic carbocycles. The average molecular weight is 278 g/mol. The van der Waals surface area contributed by atoms with Crippen molar-refractivity contribution in [2.75, 3.05) is 45.2 Å². The summed E-state index contributed by atoms with van der Waals surface area (Å²) in [5.41, 5.74) is 2.04. The maximum Gasteiger partial charge on any atom is 0.223 e. The van der Waals surface area contributed by atoms with E-state index in [2.05, 4.69) is 20.2 Å². The Bertz CT molecular complexity index is 404. The normalized spacial score (nSPS) is 20.1.